The second-order valence-electron chi connectivity index (χ2n) is 9.73. The van der Waals surface area contributed by atoms with Gasteiger partial charge in [-0.2, -0.15) is 0 Å². The summed E-state index contributed by atoms with van der Waals surface area (Å²) in [5.41, 5.74) is 3.15. The number of sulfonamides is 1. The number of pyridine rings is 1. The predicted octanol–water partition coefficient (Wildman–Crippen LogP) is 4.26. The van der Waals surface area contributed by atoms with Crippen molar-refractivity contribution >= 4 is 16.0 Å². The average molecular weight is 550 g/mol. The molecule has 2 atom stereocenters. The molecule has 0 radical (unpaired) electrons. The third-order valence-electron chi connectivity index (χ3n) is 6.99. The Balaban J connectivity index is 1.61. The van der Waals surface area contributed by atoms with E-state index in [0.717, 1.165) is 24.0 Å². The van der Waals surface area contributed by atoms with Crippen LogP contribution < -0.4 is 14.2 Å². The van der Waals surface area contributed by atoms with Crippen molar-refractivity contribution in [1.82, 2.24) is 29.7 Å². The van der Waals surface area contributed by atoms with Gasteiger partial charge in [-0.3, -0.25) is 14.3 Å². The summed E-state index contributed by atoms with van der Waals surface area (Å²) in [4.78, 5) is 13.1. The van der Waals surface area contributed by atoms with Crippen LogP contribution in [0.4, 0.5) is 5.95 Å². The predicted molar refractivity (Wildman–Crippen MR) is 147 cm³/mol. The normalized spacial score (nSPS) is 15.0. The molecule has 0 aliphatic heterocycles. The van der Waals surface area contributed by atoms with E-state index in [0.29, 0.717) is 40.3 Å². The first-order valence-electron chi connectivity index (χ1n) is 12.7. The molecule has 0 bridgehead atoms. The highest BCUT2D eigenvalue weighted by Crippen LogP contribution is 2.42. The molecule has 1 fully saturated rings. The lowest BCUT2D eigenvalue weighted by Gasteiger charge is -2.21. The summed E-state index contributed by atoms with van der Waals surface area (Å²) in [5.74, 6) is 1.72. The molecule has 0 amide bonds. The van der Waals surface area contributed by atoms with E-state index in [4.69, 9.17) is 9.47 Å². The van der Waals surface area contributed by atoms with Crippen LogP contribution in [0.1, 0.15) is 55.5 Å². The molecule has 1 aliphatic carbocycles. The Labute approximate surface area is 227 Å². The summed E-state index contributed by atoms with van der Waals surface area (Å²) in [7, 11) is -0.903. The number of nitrogens with zero attached hydrogens (tertiary/aromatic N) is 6. The molecule has 3 heterocycles. The lowest BCUT2D eigenvalue weighted by atomic mass is 10.1. The fraction of sp³-hybridized carbons (Fsp3) is 0.370. The van der Waals surface area contributed by atoms with Crippen molar-refractivity contribution in [3.05, 3.63) is 66.0 Å². The molecule has 39 heavy (non-hydrogen) atoms. The summed E-state index contributed by atoms with van der Waals surface area (Å²) in [6.45, 7) is 5.27. The number of aryl methyl sites for hydroxylation is 1. The lowest BCUT2D eigenvalue weighted by Crippen LogP contribution is -2.31. The van der Waals surface area contributed by atoms with Crippen molar-refractivity contribution in [2.75, 3.05) is 18.9 Å². The largest absolute Gasteiger partial charge is 0.494 e. The van der Waals surface area contributed by atoms with Crippen LogP contribution in [0.25, 0.3) is 17.1 Å². The van der Waals surface area contributed by atoms with E-state index in [-0.39, 0.29) is 5.95 Å². The maximum absolute atomic E-state index is 13.6. The molecule has 3 aromatic heterocycles. The van der Waals surface area contributed by atoms with Crippen molar-refractivity contribution in [1.29, 1.82) is 0 Å². The van der Waals surface area contributed by atoms with E-state index < -0.39 is 21.2 Å². The smallest absolute Gasteiger partial charge is 0.243 e. The van der Waals surface area contributed by atoms with Gasteiger partial charge in [-0.1, -0.05) is 13.0 Å². The standard InChI is InChI=1S/C27H31N7O4S/c1-16-12-29-25(30-13-16)17(2)18(3)39(35,36)33-27-32-31-26(21-11-20(14-28-15-21)19-9-10-19)34(27)24-22(37-4)7-6-8-23(24)38-5/h6-8,11-15,17-19H,9-10H2,1-5H3,(H,32,33)/t17-,18-/m0/s1. The molecule has 4 aromatic rings. The number of methoxy groups -OCH3 is 2. The second-order valence-corrected chi connectivity index (χ2v) is 11.8. The number of nitrogens with one attached hydrogen (secondary N) is 1. The van der Waals surface area contributed by atoms with Crippen molar-refractivity contribution in [3.63, 3.8) is 0 Å². The molecule has 11 nitrogen and oxygen atoms in total. The van der Waals surface area contributed by atoms with Crippen molar-refractivity contribution in [2.24, 2.45) is 0 Å². The van der Waals surface area contributed by atoms with Crippen molar-refractivity contribution < 1.29 is 17.9 Å². The Morgan fingerprint density at radius 1 is 1.00 bits per heavy atom. The van der Waals surface area contributed by atoms with Gasteiger partial charge < -0.3 is 9.47 Å². The number of benzene rings is 1. The molecule has 0 spiro atoms. The Morgan fingerprint density at radius 3 is 2.28 bits per heavy atom. The van der Waals surface area contributed by atoms with Gasteiger partial charge in [-0.05, 0) is 61.9 Å². The van der Waals surface area contributed by atoms with E-state index in [9.17, 15) is 8.42 Å². The number of hydrogen-bond donors (Lipinski definition) is 1. The molecule has 204 valence electrons. The van der Waals surface area contributed by atoms with Gasteiger partial charge in [-0.25, -0.2) is 18.4 Å². The van der Waals surface area contributed by atoms with Crippen molar-refractivity contribution in [3.8, 4) is 28.6 Å². The van der Waals surface area contributed by atoms with E-state index in [1.165, 1.54) is 14.2 Å². The number of para-hydroxylation sites is 1. The molecule has 1 aliphatic rings. The van der Waals surface area contributed by atoms with Gasteiger partial charge in [0.2, 0.25) is 16.0 Å². The SMILES string of the molecule is COc1cccc(OC)c1-n1c(NS(=O)(=O)[C@@H](C)[C@H](C)c2ncc(C)cn2)nnc1-c1cncc(C2CC2)c1. The van der Waals surface area contributed by atoms with Gasteiger partial charge in [-0.15, -0.1) is 10.2 Å². The summed E-state index contributed by atoms with van der Waals surface area (Å²) >= 11 is 0. The van der Waals surface area contributed by atoms with Gasteiger partial charge in [0.05, 0.1) is 19.5 Å². The second kappa shape index (κ2) is 10.6. The molecule has 5 rings (SSSR count). The topological polar surface area (TPSA) is 134 Å². The van der Waals surface area contributed by atoms with Crippen LogP contribution in [0, 0.1) is 6.92 Å². The monoisotopic (exact) mass is 549 g/mol. The fourth-order valence-electron chi connectivity index (χ4n) is 4.36. The van der Waals surface area contributed by atoms with E-state index >= 15 is 0 Å². The highest BCUT2D eigenvalue weighted by Gasteiger charge is 2.33. The maximum Gasteiger partial charge on any atom is 0.243 e. The average Bonchev–Trinajstić information content (AvgIpc) is 3.73. The number of hydrogen-bond acceptors (Lipinski definition) is 9. The third kappa shape index (κ3) is 5.29. The van der Waals surface area contributed by atoms with Crippen LogP contribution in [-0.2, 0) is 10.0 Å². The Hall–Kier alpha value is -4.06. The van der Waals surface area contributed by atoms with Gasteiger partial charge in [0.25, 0.3) is 0 Å². The van der Waals surface area contributed by atoms with Gasteiger partial charge in [0, 0.05) is 36.3 Å². The molecule has 1 N–H and O–H groups in total. The van der Waals surface area contributed by atoms with Crippen LogP contribution in [0.5, 0.6) is 11.5 Å². The van der Waals surface area contributed by atoms with Crippen LogP contribution in [0.15, 0.2) is 49.1 Å². The van der Waals surface area contributed by atoms with Gasteiger partial charge >= 0.3 is 0 Å². The van der Waals surface area contributed by atoms with Gasteiger partial charge in [0.15, 0.2) is 5.82 Å². The Kier molecular flexibility index (Phi) is 7.21. The first kappa shape index (κ1) is 26.5. The molecule has 1 aromatic carbocycles. The zero-order valence-corrected chi connectivity index (χ0v) is 23.3. The molecular formula is C27H31N7O4S. The molecular weight excluding hydrogens is 518 g/mol. The van der Waals surface area contributed by atoms with E-state index in [1.807, 2.05) is 19.2 Å². The third-order valence-corrected chi connectivity index (χ3v) is 8.84. The zero-order chi connectivity index (χ0) is 27.7. The van der Waals surface area contributed by atoms with Crippen molar-refractivity contribution in [2.45, 2.75) is 50.7 Å². The first-order chi connectivity index (χ1) is 18.7. The van der Waals surface area contributed by atoms with Crippen LogP contribution in [0.2, 0.25) is 0 Å². The van der Waals surface area contributed by atoms with Crippen LogP contribution in [0.3, 0.4) is 0 Å². The van der Waals surface area contributed by atoms with Crippen LogP contribution >= 0.6 is 0 Å². The number of aromatic nitrogens is 6. The summed E-state index contributed by atoms with van der Waals surface area (Å²) in [5, 5.41) is 7.79. The highest BCUT2D eigenvalue weighted by atomic mass is 32.2. The molecule has 0 saturated heterocycles. The zero-order valence-electron chi connectivity index (χ0n) is 22.5. The minimum atomic E-state index is -3.97. The lowest BCUT2D eigenvalue weighted by molar-refractivity contribution is 0.391. The minimum absolute atomic E-state index is 0.00602. The van der Waals surface area contributed by atoms with E-state index in [2.05, 4.69) is 29.9 Å². The summed E-state index contributed by atoms with van der Waals surface area (Å²) in [6.07, 6.45) is 9.11. The minimum Gasteiger partial charge on any atom is -0.494 e. The molecule has 1 saturated carbocycles. The fourth-order valence-corrected chi connectivity index (χ4v) is 5.59. The molecule has 0 unspecified atom stereocenters. The Morgan fingerprint density at radius 2 is 1.67 bits per heavy atom. The summed E-state index contributed by atoms with van der Waals surface area (Å²) < 4.78 is 42.9. The Bertz CT molecular complexity index is 1560. The summed E-state index contributed by atoms with van der Waals surface area (Å²) in [6, 6.07) is 7.33. The molecule has 12 heteroatoms. The maximum atomic E-state index is 13.6. The van der Waals surface area contributed by atoms with Gasteiger partial charge in [0.1, 0.15) is 23.0 Å². The number of ether oxygens (including phenoxy) is 2. The number of anilines is 1. The highest BCUT2D eigenvalue weighted by molar-refractivity contribution is 7.93. The first-order valence-corrected chi connectivity index (χ1v) is 14.2. The van der Waals surface area contributed by atoms with Crippen LogP contribution in [-0.4, -0.2) is 57.6 Å². The number of rotatable bonds is 10. The quantitative estimate of drug-likeness (QED) is 0.308. The van der Waals surface area contributed by atoms with E-state index in [1.54, 1.807) is 55.2 Å².